The van der Waals surface area contributed by atoms with Crippen molar-refractivity contribution in [3.05, 3.63) is 0 Å². The fraction of sp³-hybridized carbons (Fsp3) is 1.00. The Kier molecular flexibility index (Phi) is 10.1. The van der Waals surface area contributed by atoms with Crippen molar-refractivity contribution in [3.8, 4) is 0 Å². The van der Waals surface area contributed by atoms with E-state index in [2.05, 4.69) is 11.8 Å². The van der Waals surface area contributed by atoms with Gasteiger partial charge in [0.25, 0.3) is 0 Å². The third kappa shape index (κ3) is 5.20. The van der Waals surface area contributed by atoms with Crippen molar-refractivity contribution in [2.24, 2.45) is 5.73 Å². The summed E-state index contributed by atoms with van der Waals surface area (Å²) in [6, 6.07) is 0.445. The molecular weight excluding hydrogens is 195 g/mol. The number of halogens is 2. The minimum atomic E-state index is 0. The Hall–Kier alpha value is 0.500. The van der Waals surface area contributed by atoms with Gasteiger partial charge in [-0.15, -0.1) is 24.8 Å². The van der Waals surface area contributed by atoms with Crippen LogP contribution in [0.1, 0.15) is 26.2 Å². The fourth-order valence-corrected chi connectivity index (χ4v) is 1.61. The van der Waals surface area contributed by atoms with E-state index in [1.807, 2.05) is 0 Å². The van der Waals surface area contributed by atoms with Gasteiger partial charge in [-0.05, 0) is 32.4 Å². The molecule has 0 amide bonds. The Bertz CT molecular complexity index is 99.1. The van der Waals surface area contributed by atoms with Gasteiger partial charge in [0.15, 0.2) is 0 Å². The van der Waals surface area contributed by atoms with Crippen molar-refractivity contribution >= 4 is 24.8 Å². The average molecular weight is 215 g/mol. The van der Waals surface area contributed by atoms with Crippen molar-refractivity contribution in [1.82, 2.24) is 4.90 Å². The number of nitrogens with two attached hydrogens (primary N) is 1. The van der Waals surface area contributed by atoms with E-state index in [9.17, 15) is 0 Å². The van der Waals surface area contributed by atoms with Gasteiger partial charge in [0.2, 0.25) is 0 Å². The van der Waals surface area contributed by atoms with Crippen molar-refractivity contribution < 1.29 is 0 Å². The molecule has 12 heavy (non-hydrogen) atoms. The van der Waals surface area contributed by atoms with E-state index >= 15 is 0 Å². The first kappa shape index (κ1) is 15.0. The van der Waals surface area contributed by atoms with Crippen LogP contribution in [0.5, 0.6) is 0 Å². The van der Waals surface area contributed by atoms with Gasteiger partial charge < -0.3 is 10.6 Å². The number of hydrogen-bond acceptors (Lipinski definition) is 2. The van der Waals surface area contributed by atoms with Crippen LogP contribution in [0.15, 0.2) is 0 Å². The normalized spacial score (nSPS) is 24.0. The van der Waals surface area contributed by atoms with E-state index in [1.54, 1.807) is 0 Å². The predicted molar refractivity (Wildman–Crippen MR) is 58.4 cm³/mol. The molecule has 1 aliphatic heterocycles. The minimum absolute atomic E-state index is 0. The van der Waals surface area contributed by atoms with Gasteiger partial charge in [-0.25, -0.2) is 0 Å². The lowest BCUT2D eigenvalue weighted by molar-refractivity contribution is 0.209. The molecule has 0 aromatic rings. The van der Waals surface area contributed by atoms with Crippen LogP contribution in [0.25, 0.3) is 0 Å². The first-order valence-corrected chi connectivity index (χ1v) is 4.31. The second-order valence-corrected chi connectivity index (χ2v) is 3.20. The minimum Gasteiger partial charge on any atom is -0.327 e. The summed E-state index contributed by atoms with van der Waals surface area (Å²) in [5.41, 5.74) is 5.81. The second-order valence-electron chi connectivity index (χ2n) is 3.20. The lowest BCUT2D eigenvalue weighted by Gasteiger charge is -2.30. The quantitative estimate of drug-likeness (QED) is 0.759. The van der Waals surface area contributed by atoms with Crippen LogP contribution < -0.4 is 5.73 Å². The Morgan fingerprint density at radius 1 is 1.42 bits per heavy atom. The second kappa shape index (κ2) is 8.11. The predicted octanol–water partition coefficient (Wildman–Crippen LogP) is 1.66. The van der Waals surface area contributed by atoms with Gasteiger partial charge in [0.1, 0.15) is 0 Å². The maximum absolute atomic E-state index is 5.81. The molecule has 0 aromatic carbocycles. The summed E-state index contributed by atoms with van der Waals surface area (Å²) in [5.74, 6) is 0. The summed E-state index contributed by atoms with van der Waals surface area (Å²) in [6.07, 6.45) is 3.77. The summed E-state index contributed by atoms with van der Waals surface area (Å²) < 4.78 is 0. The van der Waals surface area contributed by atoms with Crippen molar-refractivity contribution in [2.75, 3.05) is 19.6 Å². The highest BCUT2D eigenvalue weighted by atomic mass is 35.5. The zero-order valence-electron chi connectivity index (χ0n) is 7.66. The summed E-state index contributed by atoms with van der Waals surface area (Å²) in [7, 11) is 0. The van der Waals surface area contributed by atoms with Gasteiger partial charge in [-0.2, -0.15) is 0 Å². The molecule has 1 rings (SSSR count). The van der Waals surface area contributed by atoms with E-state index in [4.69, 9.17) is 5.73 Å². The van der Waals surface area contributed by atoms with E-state index < -0.39 is 0 Å². The number of likely N-dealkylation sites (tertiary alicyclic amines) is 1. The van der Waals surface area contributed by atoms with Crippen LogP contribution in [0.4, 0.5) is 0 Å². The monoisotopic (exact) mass is 214 g/mol. The molecule has 1 aliphatic rings. The van der Waals surface area contributed by atoms with Crippen LogP contribution in [-0.2, 0) is 0 Å². The van der Waals surface area contributed by atoms with E-state index in [0.29, 0.717) is 6.04 Å². The number of piperidine rings is 1. The first-order chi connectivity index (χ1) is 4.83. The molecule has 0 aliphatic carbocycles. The van der Waals surface area contributed by atoms with Gasteiger partial charge in [0.05, 0.1) is 0 Å². The topological polar surface area (TPSA) is 29.3 Å². The molecule has 0 saturated carbocycles. The van der Waals surface area contributed by atoms with Gasteiger partial charge in [-0.3, -0.25) is 0 Å². The molecule has 0 unspecified atom stereocenters. The van der Waals surface area contributed by atoms with E-state index in [-0.39, 0.29) is 24.8 Å². The highest BCUT2D eigenvalue weighted by molar-refractivity contribution is 5.85. The molecule has 0 aromatic heterocycles. The lowest BCUT2D eigenvalue weighted by atomic mass is 10.1. The number of rotatable bonds is 2. The molecule has 4 heteroatoms. The Morgan fingerprint density at radius 3 is 2.58 bits per heavy atom. The van der Waals surface area contributed by atoms with Crippen molar-refractivity contribution in [3.63, 3.8) is 0 Å². The molecule has 1 heterocycles. The van der Waals surface area contributed by atoms with Gasteiger partial charge in [-0.1, -0.05) is 6.92 Å². The summed E-state index contributed by atoms with van der Waals surface area (Å²) in [5, 5.41) is 0. The third-order valence-electron chi connectivity index (χ3n) is 2.08. The lowest BCUT2D eigenvalue weighted by Crippen LogP contribution is -2.42. The Labute approximate surface area is 87.7 Å². The molecule has 1 fully saturated rings. The Balaban J connectivity index is 0. The van der Waals surface area contributed by atoms with Crippen LogP contribution in [0.2, 0.25) is 0 Å². The maximum Gasteiger partial charge on any atom is 0.0168 e. The fourth-order valence-electron chi connectivity index (χ4n) is 1.61. The summed E-state index contributed by atoms with van der Waals surface area (Å²) >= 11 is 0. The molecule has 2 N–H and O–H groups in total. The molecule has 76 valence electrons. The number of nitrogens with zero attached hydrogens (tertiary/aromatic N) is 1. The molecular formula is C8H20Cl2N2. The average Bonchev–Trinajstić information content (AvgIpc) is 1.88. The SMILES string of the molecule is CCCN1CCC[C@H](N)C1.Cl.Cl. The molecule has 0 bridgehead atoms. The van der Waals surface area contributed by atoms with E-state index in [1.165, 1.54) is 32.4 Å². The molecule has 0 radical (unpaired) electrons. The van der Waals surface area contributed by atoms with E-state index in [0.717, 1.165) is 6.54 Å². The van der Waals surface area contributed by atoms with Crippen LogP contribution >= 0.6 is 24.8 Å². The summed E-state index contributed by atoms with van der Waals surface area (Å²) in [4.78, 5) is 2.47. The standard InChI is InChI=1S/C8H18N2.2ClH/c1-2-5-10-6-3-4-8(9)7-10;;/h8H,2-7,9H2,1H3;2*1H/t8-;;/m0../s1. The van der Waals surface area contributed by atoms with Gasteiger partial charge >= 0.3 is 0 Å². The largest absolute Gasteiger partial charge is 0.327 e. The highest BCUT2D eigenvalue weighted by Crippen LogP contribution is 2.07. The zero-order valence-corrected chi connectivity index (χ0v) is 9.29. The molecule has 1 saturated heterocycles. The molecule has 1 atom stereocenters. The van der Waals surface area contributed by atoms with Crippen LogP contribution in [0, 0.1) is 0 Å². The maximum atomic E-state index is 5.81. The zero-order chi connectivity index (χ0) is 7.40. The summed E-state index contributed by atoms with van der Waals surface area (Å²) in [6.45, 7) is 5.84. The third-order valence-corrected chi connectivity index (χ3v) is 2.08. The molecule has 0 spiro atoms. The first-order valence-electron chi connectivity index (χ1n) is 4.31. The smallest absolute Gasteiger partial charge is 0.0168 e. The highest BCUT2D eigenvalue weighted by Gasteiger charge is 2.14. The van der Waals surface area contributed by atoms with Crippen LogP contribution in [0.3, 0.4) is 0 Å². The number of hydrogen-bond donors (Lipinski definition) is 1. The van der Waals surface area contributed by atoms with Gasteiger partial charge in [0, 0.05) is 12.6 Å². The van der Waals surface area contributed by atoms with Crippen molar-refractivity contribution in [1.29, 1.82) is 0 Å². The van der Waals surface area contributed by atoms with Crippen molar-refractivity contribution in [2.45, 2.75) is 32.2 Å². The van der Waals surface area contributed by atoms with Crippen LogP contribution in [-0.4, -0.2) is 30.6 Å². The molecule has 2 nitrogen and oxygen atoms in total. The Morgan fingerprint density at radius 2 is 2.08 bits per heavy atom.